The van der Waals surface area contributed by atoms with Gasteiger partial charge in [0.2, 0.25) is 0 Å². The summed E-state index contributed by atoms with van der Waals surface area (Å²) in [6.07, 6.45) is 2.92. The van der Waals surface area contributed by atoms with Crippen molar-refractivity contribution in [2.75, 3.05) is 11.4 Å². The van der Waals surface area contributed by atoms with Crippen LogP contribution in [0.2, 0.25) is 10.0 Å². The van der Waals surface area contributed by atoms with Gasteiger partial charge in [0.1, 0.15) is 11.9 Å². The summed E-state index contributed by atoms with van der Waals surface area (Å²) < 4.78 is 0. The van der Waals surface area contributed by atoms with Gasteiger partial charge in [0.25, 0.3) is 0 Å². The maximum Gasteiger partial charge on any atom is 0.326 e. The van der Waals surface area contributed by atoms with E-state index in [1.54, 1.807) is 11.0 Å². The maximum absolute atomic E-state index is 11.0. The molecular formula is C10H10Cl2N2O2. The Balaban J connectivity index is 2.32. The van der Waals surface area contributed by atoms with Gasteiger partial charge in [-0.3, -0.25) is 0 Å². The number of rotatable bonds is 2. The van der Waals surface area contributed by atoms with Gasteiger partial charge in [0.15, 0.2) is 0 Å². The third kappa shape index (κ3) is 2.08. The molecule has 0 amide bonds. The lowest BCUT2D eigenvalue weighted by atomic mass is 10.2. The van der Waals surface area contributed by atoms with E-state index in [1.165, 1.54) is 6.20 Å². The fourth-order valence-electron chi connectivity index (χ4n) is 1.90. The molecule has 0 spiro atoms. The quantitative estimate of drug-likeness (QED) is 0.888. The molecule has 0 saturated carbocycles. The SMILES string of the molecule is O=C(O)[C@H]1CCCN1c1ncc(Cl)cc1Cl. The molecule has 1 N–H and O–H groups in total. The van der Waals surface area contributed by atoms with Crippen molar-refractivity contribution in [1.82, 2.24) is 4.98 Å². The second-order valence-electron chi connectivity index (χ2n) is 3.65. The normalized spacial score (nSPS) is 20.1. The Morgan fingerprint density at radius 2 is 2.31 bits per heavy atom. The Labute approximate surface area is 103 Å². The van der Waals surface area contributed by atoms with Crippen LogP contribution in [0.1, 0.15) is 12.8 Å². The zero-order valence-corrected chi connectivity index (χ0v) is 9.87. The average Bonchev–Trinajstić information content (AvgIpc) is 2.66. The van der Waals surface area contributed by atoms with Crippen LogP contribution in [-0.4, -0.2) is 28.6 Å². The first kappa shape index (κ1) is 11.5. The van der Waals surface area contributed by atoms with Crippen LogP contribution >= 0.6 is 23.2 Å². The molecule has 0 aliphatic carbocycles. The summed E-state index contributed by atoms with van der Waals surface area (Å²) in [5.41, 5.74) is 0. The fraction of sp³-hybridized carbons (Fsp3) is 0.400. The molecule has 2 rings (SSSR count). The van der Waals surface area contributed by atoms with Crippen molar-refractivity contribution in [3.05, 3.63) is 22.3 Å². The predicted octanol–water partition coefficient (Wildman–Crippen LogP) is 2.44. The average molecular weight is 261 g/mol. The van der Waals surface area contributed by atoms with Gasteiger partial charge in [-0.2, -0.15) is 0 Å². The lowest BCUT2D eigenvalue weighted by Crippen LogP contribution is -2.36. The number of nitrogens with zero attached hydrogens (tertiary/aromatic N) is 2. The van der Waals surface area contributed by atoms with E-state index >= 15 is 0 Å². The van der Waals surface area contributed by atoms with Crippen molar-refractivity contribution in [2.24, 2.45) is 0 Å². The molecular weight excluding hydrogens is 251 g/mol. The minimum absolute atomic E-state index is 0.389. The topological polar surface area (TPSA) is 53.4 Å². The molecule has 1 saturated heterocycles. The number of halogens is 2. The van der Waals surface area contributed by atoms with Crippen LogP contribution in [0.4, 0.5) is 5.82 Å². The van der Waals surface area contributed by atoms with E-state index in [0.29, 0.717) is 28.8 Å². The van der Waals surface area contributed by atoms with Gasteiger partial charge in [0.05, 0.1) is 10.0 Å². The Hall–Kier alpha value is -1.000. The second kappa shape index (κ2) is 4.47. The number of aliphatic carboxylic acids is 1. The van der Waals surface area contributed by atoms with E-state index in [-0.39, 0.29) is 0 Å². The lowest BCUT2D eigenvalue weighted by Gasteiger charge is -2.23. The Kier molecular flexibility index (Phi) is 3.21. The van der Waals surface area contributed by atoms with Crippen molar-refractivity contribution in [2.45, 2.75) is 18.9 Å². The third-order valence-corrected chi connectivity index (χ3v) is 3.08. The van der Waals surface area contributed by atoms with Gasteiger partial charge >= 0.3 is 5.97 Å². The van der Waals surface area contributed by atoms with Crippen LogP contribution in [0.5, 0.6) is 0 Å². The molecule has 0 radical (unpaired) electrons. The van der Waals surface area contributed by atoms with Crippen LogP contribution in [-0.2, 0) is 4.79 Å². The number of aromatic nitrogens is 1. The van der Waals surface area contributed by atoms with E-state index in [9.17, 15) is 4.79 Å². The Morgan fingerprint density at radius 3 is 2.94 bits per heavy atom. The highest BCUT2D eigenvalue weighted by Gasteiger charge is 2.32. The Morgan fingerprint density at radius 1 is 1.56 bits per heavy atom. The number of hydrogen-bond acceptors (Lipinski definition) is 3. The number of hydrogen-bond donors (Lipinski definition) is 1. The molecule has 16 heavy (non-hydrogen) atoms. The molecule has 6 heteroatoms. The molecule has 86 valence electrons. The molecule has 1 aromatic rings. The zero-order chi connectivity index (χ0) is 11.7. The van der Waals surface area contributed by atoms with Gasteiger partial charge in [-0.25, -0.2) is 9.78 Å². The highest BCUT2D eigenvalue weighted by molar-refractivity contribution is 6.36. The fourth-order valence-corrected chi connectivity index (χ4v) is 2.38. The molecule has 1 aliphatic rings. The van der Waals surface area contributed by atoms with Crippen LogP contribution in [0.3, 0.4) is 0 Å². The molecule has 2 heterocycles. The first-order chi connectivity index (χ1) is 7.59. The van der Waals surface area contributed by atoms with Crippen LogP contribution in [0, 0.1) is 0 Å². The third-order valence-electron chi connectivity index (χ3n) is 2.60. The monoisotopic (exact) mass is 260 g/mol. The Bertz CT molecular complexity index is 425. The second-order valence-corrected chi connectivity index (χ2v) is 4.49. The number of carboxylic acids is 1. The van der Waals surface area contributed by atoms with Crippen LogP contribution in [0.15, 0.2) is 12.3 Å². The predicted molar refractivity (Wildman–Crippen MR) is 62.3 cm³/mol. The highest BCUT2D eigenvalue weighted by Crippen LogP contribution is 2.31. The summed E-state index contributed by atoms with van der Waals surface area (Å²) in [6, 6.07) is 1.04. The van der Waals surface area contributed by atoms with Gasteiger partial charge in [-0.05, 0) is 18.9 Å². The summed E-state index contributed by atoms with van der Waals surface area (Å²) >= 11 is 11.7. The summed E-state index contributed by atoms with van der Waals surface area (Å²) in [5.74, 6) is -0.346. The molecule has 0 bridgehead atoms. The van der Waals surface area contributed by atoms with Crippen molar-refractivity contribution >= 4 is 35.0 Å². The van der Waals surface area contributed by atoms with Crippen molar-refractivity contribution in [1.29, 1.82) is 0 Å². The zero-order valence-electron chi connectivity index (χ0n) is 8.36. The number of carboxylic acid groups (broad SMARTS) is 1. The number of anilines is 1. The van der Waals surface area contributed by atoms with E-state index < -0.39 is 12.0 Å². The molecule has 0 aromatic carbocycles. The standard InChI is InChI=1S/C10H10Cl2N2O2/c11-6-4-7(12)9(13-5-6)14-3-1-2-8(14)10(15)16/h4-5,8H,1-3H2,(H,15,16)/t8-/m1/s1. The maximum atomic E-state index is 11.0. The molecule has 1 aliphatic heterocycles. The van der Waals surface area contributed by atoms with Crippen LogP contribution in [0.25, 0.3) is 0 Å². The largest absolute Gasteiger partial charge is 0.480 e. The molecule has 0 unspecified atom stereocenters. The molecule has 4 nitrogen and oxygen atoms in total. The number of carbonyl (C=O) groups is 1. The summed E-state index contributed by atoms with van der Waals surface area (Å²) in [5, 5.41) is 9.89. The smallest absolute Gasteiger partial charge is 0.326 e. The minimum atomic E-state index is -0.842. The summed E-state index contributed by atoms with van der Waals surface area (Å²) in [4.78, 5) is 16.8. The minimum Gasteiger partial charge on any atom is -0.480 e. The van der Waals surface area contributed by atoms with Crippen LogP contribution < -0.4 is 4.90 Å². The summed E-state index contributed by atoms with van der Waals surface area (Å²) in [7, 11) is 0. The van der Waals surface area contributed by atoms with Gasteiger partial charge in [-0.15, -0.1) is 0 Å². The van der Waals surface area contributed by atoms with E-state index in [0.717, 1.165) is 6.42 Å². The van der Waals surface area contributed by atoms with E-state index in [2.05, 4.69) is 4.98 Å². The van der Waals surface area contributed by atoms with Crippen molar-refractivity contribution < 1.29 is 9.90 Å². The van der Waals surface area contributed by atoms with E-state index in [4.69, 9.17) is 28.3 Å². The van der Waals surface area contributed by atoms with Gasteiger partial charge < -0.3 is 10.0 Å². The van der Waals surface area contributed by atoms with Crippen molar-refractivity contribution in [3.63, 3.8) is 0 Å². The highest BCUT2D eigenvalue weighted by atomic mass is 35.5. The molecule has 1 fully saturated rings. The summed E-state index contributed by atoms with van der Waals surface area (Å²) in [6.45, 7) is 0.658. The molecule has 1 atom stereocenters. The van der Waals surface area contributed by atoms with Gasteiger partial charge in [-0.1, -0.05) is 23.2 Å². The van der Waals surface area contributed by atoms with Gasteiger partial charge in [0, 0.05) is 12.7 Å². The first-order valence-corrected chi connectivity index (χ1v) is 5.65. The lowest BCUT2D eigenvalue weighted by molar-refractivity contribution is -0.138. The number of pyridine rings is 1. The first-order valence-electron chi connectivity index (χ1n) is 4.90. The van der Waals surface area contributed by atoms with E-state index in [1.807, 2.05) is 0 Å². The molecule has 1 aromatic heterocycles. The van der Waals surface area contributed by atoms with Crippen molar-refractivity contribution in [3.8, 4) is 0 Å².